The number of nitrogens with one attached hydrogen (secondary N) is 1. The molecule has 1 unspecified atom stereocenters. The van der Waals surface area contributed by atoms with Crippen molar-refractivity contribution < 1.29 is 19.6 Å². The van der Waals surface area contributed by atoms with Crippen LogP contribution in [0.5, 0.6) is 5.75 Å². The molecular weight excluding hydrogens is 342 g/mol. The molecule has 3 rings (SSSR count). The molecular formula is C16H23N5O5. The summed E-state index contributed by atoms with van der Waals surface area (Å²) in [6.07, 6.45) is 2.30. The predicted molar refractivity (Wildman–Crippen MR) is 92.0 cm³/mol. The number of likely N-dealkylation sites (tertiary alicyclic amines) is 1. The molecule has 0 bridgehead atoms. The number of rotatable bonds is 7. The lowest BCUT2D eigenvalue weighted by Gasteiger charge is -2.36. The molecule has 0 spiro atoms. The van der Waals surface area contributed by atoms with Gasteiger partial charge in [0.2, 0.25) is 5.75 Å². The van der Waals surface area contributed by atoms with Gasteiger partial charge in [-0.1, -0.05) is 0 Å². The minimum Gasteiger partial charge on any atom is -0.483 e. The summed E-state index contributed by atoms with van der Waals surface area (Å²) in [6, 6.07) is 3.27. The van der Waals surface area contributed by atoms with Gasteiger partial charge in [0.1, 0.15) is 18.9 Å². The van der Waals surface area contributed by atoms with Crippen molar-refractivity contribution in [2.75, 3.05) is 39.3 Å². The highest BCUT2D eigenvalue weighted by Gasteiger charge is 2.31. The van der Waals surface area contributed by atoms with Crippen molar-refractivity contribution >= 4 is 11.8 Å². The first-order chi connectivity index (χ1) is 12.5. The van der Waals surface area contributed by atoms with Crippen LogP contribution in [0.3, 0.4) is 0 Å². The van der Waals surface area contributed by atoms with Crippen molar-refractivity contribution in [3.05, 3.63) is 28.4 Å². The molecule has 0 aliphatic carbocycles. The number of pyridine rings is 1. The number of aliphatic hydroxyl groups is 1. The fourth-order valence-corrected chi connectivity index (χ4v) is 3.42. The molecule has 0 saturated carbocycles. The van der Waals surface area contributed by atoms with Crippen molar-refractivity contribution in [1.82, 2.24) is 20.1 Å². The Hall–Kier alpha value is -2.46. The molecule has 2 fully saturated rings. The average Bonchev–Trinajstić information content (AvgIpc) is 3.07. The van der Waals surface area contributed by atoms with Gasteiger partial charge in [-0.15, -0.1) is 0 Å². The third-order valence-electron chi connectivity index (χ3n) is 4.71. The van der Waals surface area contributed by atoms with Gasteiger partial charge >= 0.3 is 11.8 Å². The van der Waals surface area contributed by atoms with E-state index >= 15 is 0 Å². The van der Waals surface area contributed by atoms with E-state index < -0.39 is 11.0 Å². The maximum absolute atomic E-state index is 11.7. The van der Waals surface area contributed by atoms with Crippen LogP contribution < -0.4 is 10.1 Å². The number of amides is 2. The summed E-state index contributed by atoms with van der Waals surface area (Å²) in [5.41, 5.74) is 0. The molecule has 10 nitrogen and oxygen atoms in total. The van der Waals surface area contributed by atoms with Gasteiger partial charge in [0.15, 0.2) is 0 Å². The quantitative estimate of drug-likeness (QED) is 0.524. The number of hydrogen-bond donors (Lipinski definition) is 2. The molecule has 26 heavy (non-hydrogen) atoms. The van der Waals surface area contributed by atoms with E-state index in [9.17, 15) is 20.0 Å². The van der Waals surface area contributed by atoms with Crippen molar-refractivity contribution in [3.8, 4) is 5.75 Å². The number of urea groups is 1. The molecule has 0 radical (unpaired) electrons. The summed E-state index contributed by atoms with van der Waals surface area (Å²) >= 11 is 0. The number of hydrogen-bond acceptors (Lipinski definition) is 7. The number of nitrogens with zero attached hydrogens (tertiary/aromatic N) is 4. The van der Waals surface area contributed by atoms with Crippen molar-refractivity contribution in [1.29, 1.82) is 0 Å². The van der Waals surface area contributed by atoms with E-state index in [1.54, 1.807) is 6.07 Å². The van der Waals surface area contributed by atoms with E-state index in [1.807, 2.05) is 4.90 Å². The van der Waals surface area contributed by atoms with E-state index in [2.05, 4.69) is 15.2 Å². The number of aromatic nitrogens is 1. The van der Waals surface area contributed by atoms with Crippen molar-refractivity contribution in [3.63, 3.8) is 0 Å². The molecule has 3 heterocycles. The van der Waals surface area contributed by atoms with E-state index in [4.69, 9.17) is 4.74 Å². The zero-order valence-corrected chi connectivity index (χ0v) is 14.4. The number of ether oxygens (including phenoxy) is 1. The number of nitro groups is 1. The minimum atomic E-state index is -0.763. The topological polar surface area (TPSA) is 121 Å². The van der Waals surface area contributed by atoms with Crippen LogP contribution in [-0.2, 0) is 0 Å². The van der Waals surface area contributed by atoms with Crippen LogP contribution in [0.2, 0.25) is 0 Å². The summed E-state index contributed by atoms with van der Waals surface area (Å²) < 4.78 is 5.38. The molecule has 1 aromatic rings. The summed E-state index contributed by atoms with van der Waals surface area (Å²) in [5, 5.41) is 23.9. The molecule has 1 aromatic heterocycles. The third-order valence-corrected chi connectivity index (χ3v) is 4.71. The van der Waals surface area contributed by atoms with Gasteiger partial charge in [-0.05, 0) is 34.9 Å². The first kappa shape index (κ1) is 18.3. The SMILES string of the molecule is O=C1NCCN1C1CCN(CC(O)COc2cccnc2[N+](=O)[O-])CC1. The van der Waals surface area contributed by atoms with E-state index in [0.717, 1.165) is 32.5 Å². The maximum atomic E-state index is 11.7. The normalized spacial score (nSPS) is 20.0. The molecule has 2 N–H and O–H groups in total. The largest absolute Gasteiger partial charge is 0.483 e. The Labute approximate surface area is 150 Å². The Morgan fingerprint density at radius 3 is 2.85 bits per heavy atom. The molecule has 0 aromatic carbocycles. The lowest BCUT2D eigenvalue weighted by Crippen LogP contribution is -2.48. The van der Waals surface area contributed by atoms with E-state index in [1.165, 1.54) is 12.3 Å². The fraction of sp³-hybridized carbons (Fsp3) is 0.625. The summed E-state index contributed by atoms with van der Waals surface area (Å²) in [6.45, 7) is 3.42. The van der Waals surface area contributed by atoms with E-state index in [0.29, 0.717) is 13.1 Å². The molecule has 2 saturated heterocycles. The number of β-amino-alcohol motifs (C(OH)–C–C–N with tert-alkyl or cyclic N) is 1. The fourth-order valence-electron chi connectivity index (χ4n) is 3.42. The van der Waals surface area contributed by atoms with Crippen molar-refractivity contribution in [2.45, 2.75) is 25.0 Å². The van der Waals surface area contributed by atoms with Crippen LogP contribution >= 0.6 is 0 Å². The molecule has 2 aliphatic heterocycles. The van der Waals surface area contributed by atoms with Crippen LogP contribution in [0, 0.1) is 10.1 Å². The Morgan fingerprint density at radius 2 is 2.19 bits per heavy atom. The summed E-state index contributed by atoms with van der Waals surface area (Å²) in [4.78, 5) is 29.7. The average molecular weight is 365 g/mol. The number of aliphatic hydroxyl groups excluding tert-OH is 1. The van der Waals surface area contributed by atoms with Crippen LogP contribution in [0.1, 0.15) is 12.8 Å². The zero-order chi connectivity index (χ0) is 18.5. The Kier molecular flexibility index (Phi) is 5.84. The van der Waals surface area contributed by atoms with Gasteiger partial charge in [0, 0.05) is 38.8 Å². The van der Waals surface area contributed by atoms with Crippen LogP contribution in [0.15, 0.2) is 18.3 Å². The predicted octanol–water partition coefficient (Wildman–Crippen LogP) is 0.219. The Bertz CT molecular complexity index is 650. The molecule has 2 aliphatic rings. The highest BCUT2D eigenvalue weighted by molar-refractivity contribution is 5.76. The highest BCUT2D eigenvalue weighted by Crippen LogP contribution is 2.23. The smallest absolute Gasteiger partial charge is 0.406 e. The monoisotopic (exact) mass is 365 g/mol. The number of carbonyl (C=O) groups excluding carboxylic acids is 1. The van der Waals surface area contributed by atoms with Crippen molar-refractivity contribution in [2.24, 2.45) is 0 Å². The van der Waals surface area contributed by atoms with Gasteiger partial charge in [0.25, 0.3) is 0 Å². The molecule has 1 atom stereocenters. The second kappa shape index (κ2) is 8.28. The van der Waals surface area contributed by atoms with Gasteiger partial charge in [-0.3, -0.25) is 0 Å². The third kappa shape index (κ3) is 4.38. The second-order valence-corrected chi connectivity index (χ2v) is 6.50. The van der Waals surface area contributed by atoms with Crippen LogP contribution in [0.4, 0.5) is 10.6 Å². The standard InChI is InChI=1S/C16H23N5O5/c22-13(11-26-14-2-1-5-17-15(14)21(24)25)10-19-7-3-12(4-8-19)20-9-6-18-16(20)23/h1-2,5,12-13,22H,3-4,6-11H2,(H,18,23). The van der Waals surface area contributed by atoms with Gasteiger partial charge in [0.05, 0.1) is 0 Å². The lowest BCUT2D eigenvalue weighted by atomic mass is 10.0. The number of piperidine rings is 1. The molecule has 142 valence electrons. The van der Waals surface area contributed by atoms with Gasteiger partial charge in [-0.2, -0.15) is 0 Å². The molecule has 10 heteroatoms. The Morgan fingerprint density at radius 1 is 1.42 bits per heavy atom. The summed E-state index contributed by atoms with van der Waals surface area (Å²) in [5.74, 6) is -0.306. The van der Waals surface area contributed by atoms with Gasteiger partial charge in [-0.25, -0.2) is 4.79 Å². The van der Waals surface area contributed by atoms with Crippen LogP contribution in [0.25, 0.3) is 0 Å². The van der Waals surface area contributed by atoms with Gasteiger partial charge < -0.3 is 35.1 Å². The highest BCUT2D eigenvalue weighted by atomic mass is 16.6. The number of carbonyl (C=O) groups is 1. The minimum absolute atomic E-state index is 0.00921. The molecule has 2 amide bonds. The second-order valence-electron chi connectivity index (χ2n) is 6.50. The summed E-state index contributed by atoms with van der Waals surface area (Å²) in [7, 11) is 0. The maximum Gasteiger partial charge on any atom is 0.406 e. The first-order valence-corrected chi connectivity index (χ1v) is 8.71. The zero-order valence-electron chi connectivity index (χ0n) is 14.4. The van der Waals surface area contributed by atoms with Crippen LogP contribution in [-0.4, -0.2) is 82.3 Å². The van der Waals surface area contributed by atoms with E-state index in [-0.39, 0.29) is 30.2 Å². The first-order valence-electron chi connectivity index (χ1n) is 8.71. The lowest BCUT2D eigenvalue weighted by molar-refractivity contribution is -0.390. The Balaban J connectivity index is 1.43.